The number of nitrogens with zero attached hydrogens (tertiary/aromatic N) is 1. The number of benzene rings is 1. The SMILES string of the molecule is Cl.Cl.NCc1ccc2c(N)nccc2c1. The Hall–Kier alpha value is -1.03. The molecule has 5 heteroatoms. The Morgan fingerprint density at radius 3 is 2.53 bits per heavy atom. The Morgan fingerprint density at radius 2 is 1.87 bits per heavy atom. The van der Waals surface area contributed by atoms with Gasteiger partial charge in [-0.2, -0.15) is 0 Å². The standard InChI is InChI=1S/C10H11N3.2ClH/c11-6-7-1-2-9-8(5-7)3-4-13-10(9)12;;/h1-5H,6,11H2,(H2,12,13);2*1H. The molecule has 0 aliphatic carbocycles. The minimum atomic E-state index is 0. The second kappa shape index (κ2) is 5.75. The number of halogens is 2. The molecule has 0 saturated heterocycles. The highest BCUT2D eigenvalue weighted by atomic mass is 35.5. The van der Waals surface area contributed by atoms with Gasteiger partial charge in [-0.1, -0.05) is 12.1 Å². The average Bonchev–Trinajstić information content (AvgIpc) is 2.18. The van der Waals surface area contributed by atoms with E-state index in [2.05, 4.69) is 4.98 Å². The normalized spacial score (nSPS) is 9.13. The summed E-state index contributed by atoms with van der Waals surface area (Å²) in [5, 5.41) is 2.08. The Bertz CT molecular complexity index is 446. The van der Waals surface area contributed by atoms with Crippen LogP contribution >= 0.6 is 24.8 Å². The van der Waals surface area contributed by atoms with E-state index in [0.29, 0.717) is 12.4 Å². The molecule has 0 atom stereocenters. The van der Waals surface area contributed by atoms with Crippen molar-refractivity contribution in [3.05, 3.63) is 36.0 Å². The Balaban J connectivity index is 0.000000980. The maximum Gasteiger partial charge on any atom is 0.131 e. The second-order valence-electron chi connectivity index (χ2n) is 2.96. The van der Waals surface area contributed by atoms with Crippen molar-refractivity contribution in [2.45, 2.75) is 6.54 Å². The molecule has 0 unspecified atom stereocenters. The first-order chi connectivity index (χ1) is 6.31. The molecule has 1 heterocycles. The molecule has 0 bridgehead atoms. The average molecular weight is 246 g/mol. The summed E-state index contributed by atoms with van der Waals surface area (Å²) >= 11 is 0. The maximum absolute atomic E-state index is 5.71. The predicted octanol–water partition coefficient (Wildman–Crippen LogP) is 2.12. The van der Waals surface area contributed by atoms with E-state index < -0.39 is 0 Å². The van der Waals surface area contributed by atoms with E-state index in [1.54, 1.807) is 6.20 Å². The van der Waals surface area contributed by atoms with Crippen LogP contribution in [0.15, 0.2) is 30.5 Å². The molecule has 0 spiro atoms. The zero-order valence-electron chi connectivity index (χ0n) is 8.01. The smallest absolute Gasteiger partial charge is 0.131 e. The molecule has 2 aromatic rings. The number of aromatic nitrogens is 1. The van der Waals surface area contributed by atoms with E-state index in [-0.39, 0.29) is 24.8 Å². The van der Waals surface area contributed by atoms with E-state index >= 15 is 0 Å². The van der Waals surface area contributed by atoms with Crippen LogP contribution in [0.3, 0.4) is 0 Å². The van der Waals surface area contributed by atoms with Crippen molar-refractivity contribution in [2.75, 3.05) is 5.73 Å². The zero-order valence-corrected chi connectivity index (χ0v) is 9.65. The molecule has 0 radical (unpaired) electrons. The molecule has 4 N–H and O–H groups in total. The molecule has 3 nitrogen and oxygen atoms in total. The zero-order chi connectivity index (χ0) is 9.26. The molecule has 0 saturated carbocycles. The van der Waals surface area contributed by atoms with Gasteiger partial charge in [0.2, 0.25) is 0 Å². The maximum atomic E-state index is 5.71. The highest BCUT2D eigenvalue weighted by Gasteiger charge is 1.98. The van der Waals surface area contributed by atoms with E-state index in [9.17, 15) is 0 Å². The van der Waals surface area contributed by atoms with Gasteiger partial charge >= 0.3 is 0 Å². The molecule has 0 amide bonds. The number of anilines is 1. The van der Waals surface area contributed by atoms with Crippen molar-refractivity contribution >= 4 is 41.4 Å². The molecule has 0 aliphatic rings. The number of nitrogen functional groups attached to an aromatic ring is 1. The molecule has 15 heavy (non-hydrogen) atoms. The van der Waals surface area contributed by atoms with Crippen LogP contribution in [0.25, 0.3) is 10.8 Å². The van der Waals surface area contributed by atoms with Gasteiger partial charge in [0, 0.05) is 18.1 Å². The van der Waals surface area contributed by atoms with Crippen LogP contribution in [0, 0.1) is 0 Å². The fourth-order valence-electron chi connectivity index (χ4n) is 1.38. The van der Waals surface area contributed by atoms with E-state index in [4.69, 9.17) is 11.5 Å². The summed E-state index contributed by atoms with van der Waals surface area (Å²) in [4.78, 5) is 4.01. The molecule has 2 rings (SSSR count). The molecule has 82 valence electrons. The summed E-state index contributed by atoms with van der Waals surface area (Å²) < 4.78 is 0. The van der Waals surface area contributed by atoms with Crippen molar-refractivity contribution in [3.8, 4) is 0 Å². The fraction of sp³-hybridized carbons (Fsp3) is 0.100. The van der Waals surface area contributed by atoms with E-state index in [1.807, 2.05) is 24.3 Å². The van der Waals surface area contributed by atoms with Gasteiger partial charge in [-0.25, -0.2) is 4.98 Å². The third-order valence-electron chi connectivity index (χ3n) is 2.10. The van der Waals surface area contributed by atoms with E-state index in [1.165, 1.54) is 0 Å². The van der Waals surface area contributed by atoms with Crippen LogP contribution < -0.4 is 11.5 Å². The van der Waals surface area contributed by atoms with Crippen LogP contribution in [0.2, 0.25) is 0 Å². The van der Waals surface area contributed by atoms with Crippen molar-refractivity contribution in [2.24, 2.45) is 5.73 Å². The van der Waals surface area contributed by atoms with Gasteiger partial charge in [0.15, 0.2) is 0 Å². The Morgan fingerprint density at radius 1 is 1.13 bits per heavy atom. The highest BCUT2D eigenvalue weighted by Crippen LogP contribution is 2.19. The van der Waals surface area contributed by atoms with Gasteiger partial charge < -0.3 is 11.5 Å². The topological polar surface area (TPSA) is 64.9 Å². The molecule has 1 aromatic heterocycles. The molecular formula is C10H13Cl2N3. The Kier molecular flexibility index (Phi) is 5.36. The molecule has 0 aliphatic heterocycles. The van der Waals surface area contributed by atoms with Crippen LogP contribution in [-0.2, 0) is 6.54 Å². The summed E-state index contributed by atoms with van der Waals surface area (Å²) in [6.45, 7) is 0.554. The third-order valence-corrected chi connectivity index (χ3v) is 2.10. The van der Waals surface area contributed by atoms with Gasteiger partial charge in [-0.15, -0.1) is 24.8 Å². The molecule has 1 aromatic carbocycles. The minimum Gasteiger partial charge on any atom is -0.383 e. The minimum absolute atomic E-state index is 0. The first kappa shape index (κ1) is 14.0. The van der Waals surface area contributed by atoms with Gasteiger partial charge in [0.25, 0.3) is 0 Å². The van der Waals surface area contributed by atoms with Crippen LogP contribution in [0.1, 0.15) is 5.56 Å². The van der Waals surface area contributed by atoms with E-state index in [0.717, 1.165) is 16.3 Å². The van der Waals surface area contributed by atoms with Crippen LogP contribution in [0.5, 0.6) is 0 Å². The van der Waals surface area contributed by atoms with Gasteiger partial charge in [0.05, 0.1) is 0 Å². The van der Waals surface area contributed by atoms with Crippen LogP contribution in [-0.4, -0.2) is 4.98 Å². The summed E-state index contributed by atoms with van der Waals surface area (Å²) in [6.07, 6.45) is 1.71. The lowest BCUT2D eigenvalue weighted by Crippen LogP contribution is -1.96. The molecular weight excluding hydrogens is 233 g/mol. The van der Waals surface area contributed by atoms with Crippen molar-refractivity contribution < 1.29 is 0 Å². The number of pyridine rings is 1. The fourth-order valence-corrected chi connectivity index (χ4v) is 1.38. The highest BCUT2D eigenvalue weighted by molar-refractivity contribution is 5.91. The summed E-state index contributed by atoms with van der Waals surface area (Å²) in [5.41, 5.74) is 12.3. The summed E-state index contributed by atoms with van der Waals surface area (Å²) in [7, 11) is 0. The third kappa shape index (κ3) is 2.72. The number of fused-ring (bicyclic) bond motifs is 1. The van der Waals surface area contributed by atoms with Crippen LogP contribution in [0.4, 0.5) is 5.82 Å². The lowest BCUT2D eigenvalue weighted by atomic mass is 10.1. The largest absolute Gasteiger partial charge is 0.383 e. The van der Waals surface area contributed by atoms with Crippen molar-refractivity contribution in [1.82, 2.24) is 4.98 Å². The first-order valence-electron chi connectivity index (χ1n) is 4.14. The van der Waals surface area contributed by atoms with Gasteiger partial charge in [0.1, 0.15) is 5.82 Å². The van der Waals surface area contributed by atoms with Gasteiger partial charge in [-0.3, -0.25) is 0 Å². The summed E-state index contributed by atoms with van der Waals surface area (Å²) in [6, 6.07) is 7.90. The quantitative estimate of drug-likeness (QED) is 0.809. The lowest BCUT2D eigenvalue weighted by molar-refractivity contribution is 1.08. The summed E-state index contributed by atoms with van der Waals surface area (Å²) in [5.74, 6) is 0.570. The number of nitrogens with two attached hydrogens (primary N) is 2. The monoisotopic (exact) mass is 245 g/mol. The number of hydrogen-bond donors (Lipinski definition) is 2. The molecule has 0 fully saturated rings. The first-order valence-corrected chi connectivity index (χ1v) is 4.14. The number of rotatable bonds is 1. The second-order valence-corrected chi connectivity index (χ2v) is 2.96. The van der Waals surface area contributed by atoms with Crippen molar-refractivity contribution in [1.29, 1.82) is 0 Å². The Labute approximate surface area is 101 Å². The predicted molar refractivity (Wildman–Crippen MR) is 68.5 cm³/mol. The lowest BCUT2D eigenvalue weighted by Gasteiger charge is -2.02. The number of hydrogen-bond acceptors (Lipinski definition) is 3. The van der Waals surface area contributed by atoms with Crippen molar-refractivity contribution in [3.63, 3.8) is 0 Å². The van der Waals surface area contributed by atoms with Gasteiger partial charge in [-0.05, 0) is 23.1 Å².